The first-order valence-corrected chi connectivity index (χ1v) is 12.9. The van der Waals surface area contributed by atoms with Crippen molar-refractivity contribution in [1.82, 2.24) is 21.3 Å². The van der Waals surface area contributed by atoms with Gasteiger partial charge in [-0.3, -0.25) is 0 Å². The van der Waals surface area contributed by atoms with E-state index in [1.165, 1.54) is 22.3 Å². The maximum atomic E-state index is 11.5. The Morgan fingerprint density at radius 2 is 1.03 bits per heavy atom. The van der Waals surface area contributed by atoms with Crippen LogP contribution in [0.2, 0.25) is 0 Å². The minimum Gasteiger partial charge on any atom is -0.457 e. The van der Waals surface area contributed by atoms with Crippen LogP contribution < -0.4 is 21.3 Å². The number of rotatable bonds is 2. The Hall–Kier alpha value is -2.78. The van der Waals surface area contributed by atoms with Crippen molar-refractivity contribution in [1.29, 1.82) is 0 Å². The minimum atomic E-state index is -0.192. The average molecular weight is 493 g/mol. The Balaban J connectivity index is 0.000000148. The predicted octanol–water partition coefficient (Wildman–Crippen LogP) is 2.58. The maximum absolute atomic E-state index is 11.5. The highest BCUT2D eigenvalue weighted by molar-refractivity contribution is 5.94. The molecule has 2 fully saturated rings. The zero-order valence-corrected chi connectivity index (χ0v) is 21.5. The third kappa shape index (κ3) is 4.54. The molecule has 0 bridgehead atoms. The molecular weight excluding hydrogens is 456 g/mol. The van der Waals surface area contributed by atoms with Crippen LogP contribution in [-0.2, 0) is 22.7 Å². The van der Waals surface area contributed by atoms with Crippen molar-refractivity contribution in [2.45, 2.75) is 65.1 Å². The number of carbonyl (C=O) groups excluding carboxylic acids is 2. The van der Waals surface area contributed by atoms with Crippen LogP contribution in [0.15, 0.2) is 24.3 Å². The molecule has 0 amide bonds. The first kappa shape index (κ1) is 24.9. The van der Waals surface area contributed by atoms with Crippen molar-refractivity contribution in [3.8, 4) is 0 Å². The largest absolute Gasteiger partial charge is 0.457 e. The molecule has 192 valence electrons. The van der Waals surface area contributed by atoms with Crippen LogP contribution >= 0.6 is 0 Å². The van der Waals surface area contributed by atoms with Crippen LogP contribution in [-0.4, -0.2) is 50.2 Å². The highest BCUT2D eigenvalue weighted by atomic mass is 16.5. The quantitative estimate of drug-likeness (QED) is 0.475. The second-order valence-electron chi connectivity index (χ2n) is 10.1. The van der Waals surface area contributed by atoms with Crippen molar-refractivity contribution >= 4 is 11.9 Å². The number of piperazine rings is 2. The van der Waals surface area contributed by atoms with Crippen molar-refractivity contribution < 1.29 is 19.1 Å². The smallest absolute Gasteiger partial charge is 0.338 e. The highest BCUT2D eigenvalue weighted by Crippen LogP contribution is 2.32. The number of fused-ring (bicyclic) bond motifs is 2. The lowest BCUT2D eigenvalue weighted by Gasteiger charge is -2.32. The SMILES string of the molecule is Cc1c(C2NCCNC2C)ccc2c1COC2=O.Cc1c(C2NCCNC2C)ccc2c1COC2=O. The van der Waals surface area contributed by atoms with Crippen LogP contribution in [0.1, 0.15) is 80.0 Å². The maximum Gasteiger partial charge on any atom is 0.338 e. The van der Waals surface area contributed by atoms with E-state index in [-0.39, 0.29) is 11.9 Å². The summed E-state index contributed by atoms with van der Waals surface area (Å²) >= 11 is 0. The monoisotopic (exact) mass is 492 g/mol. The number of hydrogen-bond donors (Lipinski definition) is 4. The number of benzene rings is 2. The van der Waals surface area contributed by atoms with Gasteiger partial charge >= 0.3 is 11.9 Å². The number of ether oxygens (including phenoxy) is 2. The fourth-order valence-corrected chi connectivity index (χ4v) is 5.81. The van der Waals surface area contributed by atoms with E-state index in [0.29, 0.717) is 37.4 Å². The molecule has 6 rings (SSSR count). The van der Waals surface area contributed by atoms with Crippen LogP contribution in [0.5, 0.6) is 0 Å². The Labute approximate surface area is 212 Å². The Morgan fingerprint density at radius 1 is 0.639 bits per heavy atom. The molecule has 36 heavy (non-hydrogen) atoms. The van der Waals surface area contributed by atoms with Crippen LogP contribution in [0.3, 0.4) is 0 Å². The number of esters is 2. The molecule has 4 aliphatic rings. The third-order valence-electron chi connectivity index (χ3n) is 8.00. The van der Waals surface area contributed by atoms with E-state index in [1.54, 1.807) is 0 Å². The molecule has 8 nitrogen and oxygen atoms in total. The van der Waals surface area contributed by atoms with E-state index >= 15 is 0 Å². The van der Waals surface area contributed by atoms with Gasteiger partial charge in [-0.2, -0.15) is 0 Å². The number of nitrogens with one attached hydrogen (secondary N) is 4. The van der Waals surface area contributed by atoms with E-state index in [4.69, 9.17) is 9.47 Å². The topological polar surface area (TPSA) is 101 Å². The number of carbonyl (C=O) groups is 2. The van der Waals surface area contributed by atoms with Gasteiger partial charge in [-0.1, -0.05) is 12.1 Å². The molecule has 4 atom stereocenters. The lowest BCUT2D eigenvalue weighted by Crippen LogP contribution is -2.49. The number of hydrogen-bond acceptors (Lipinski definition) is 8. The van der Waals surface area contributed by atoms with Gasteiger partial charge in [-0.05, 0) is 62.1 Å². The van der Waals surface area contributed by atoms with E-state index < -0.39 is 0 Å². The molecule has 0 radical (unpaired) electrons. The van der Waals surface area contributed by atoms with E-state index in [1.807, 2.05) is 12.1 Å². The summed E-state index contributed by atoms with van der Waals surface area (Å²) in [7, 11) is 0. The van der Waals surface area contributed by atoms with E-state index in [2.05, 4.69) is 61.1 Å². The summed E-state index contributed by atoms with van der Waals surface area (Å²) in [6.45, 7) is 13.3. The van der Waals surface area contributed by atoms with E-state index in [9.17, 15) is 9.59 Å². The molecule has 2 aromatic rings. The Bertz CT molecular complexity index is 1090. The standard InChI is InChI=1S/2C14H18N2O2/c2*1-8-10(13-9(2)15-5-6-16-13)3-4-11-12(8)7-18-14(11)17/h2*3-4,9,13,15-16H,5-7H2,1-2H3. The predicted molar refractivity (Wildman–Crippen MR) is 137 cm³/mol. The summed E-state index contributed by atoms with van der Waals surface area (Å²) in [6, 6.07) is 9.32. The molecule has 8 heteroatoms. The molecule has 4 heterocycles. The molecule has 4 aliphatic heterocycles. The summed E-state index contributed by atoms with van der Waals surface area (Å²) in [6.07, 6.45) is 0. The summed E-state index contributed by atoms with van der Waals surface area (Å²) in [5.41, 5.74) is 8.48. The summed E-state index contributed by atoms with van der Waals surface area (Å²) < 4.78 is 10.2. The third-order valence-corrected chi connectivity index (χ3v) is 8.00. The van der Waals surface area contributed by atoms with Crippen molar-refractivity contribution in [2.75, 3.05) is 26.2 Å². The molecular formula is C28H36N4O4. The minimum absolute atomic E-state index is 0.192. The average Bonchev–Trinajstić information content (AvgIpc) is 3.45. The van der Waals surface area contributed by atoms with Gasteiger partial charge in [0.05, 0.1) is 11.1 Å². The molecule has 4 unspecified atom stereocenters. The van der Waals surface area contributed by atoms with Gasteiger partial charge in [-0.25, -0.2) is 9.59 Å². The summed E-state index contributed by atoms with van der Waals surface area (Å²) in [4.78, 5) is 23.0. The Morgan fingerprint density at radius 3 is 1.42 bits per heavy atom. The second kappa shape index (κ2) is 10.3. The van der Waals surface area contributed by atoms with Gasteiger partial charge in [0, 0.05) is 61.5 Å². The lowest BCUT2D eigenvalue weighted by atomic mass is 9.90. The van der Waals surface area contributed by atoms with Crippen LogP contribution in [0.4, 0.5) is 0 Å². The molecule has 4 N–H and O–H groups in total. The Kier molecular flexibility index (Phi) is 7.12. The van der Waals surface area contributed by atoms with Gasteiger partial charge in [0.1, 0.15) is 13.2 Å². The fourth-order valence-electron chi connectivity index (χ4n) is 5.81. The van der Waals surface area contributed by atoms with E-state index in [0.717, 1.165) is 48.4 Å². The molecule has 2 aromatic carbocycles. The van der Waals surface area contributed by atoms with Crippen molar-refractivity contribution in [3.05, 3.63) is 68.8 Å². The van der Waals surface area contributed by atoms with Crippen molar-refractivity contribution in [2.24, 2.45) is 0 Å². The molecule has 0 aromatic heterocycles. The molecule has 2 saturated heterocycles. The first-order valence-electron chi connectivity index (χ1n) is 12.9. The normalized spacial score (nSPS) is 26.9. The molecule has 0 aliphatic carbocycles. The molecule has 0 saturated carbocycles. The van der Waals surface area contributed by atoms with Gasteiger partial charge in [-0.15, -0.1) is 0 Å². The zero-order valence-electron chi connectivity index (χ0n) is 21.5. The van der Waals surface area contributed by atoms with Crippen LogP contribution in [0, 0.1) is 13.8 Å². The fraction of sp³-hybridized carbons (Fsp3) is 0.500. The van der Waals surface area contributed by atoms with Gasteiger partial charge in [0.25, 0.3) is 0 Å². The van der Waals surface area contributed by atoms with Gasteiger partial charge in [0.15, 0.2) is 0 Å². The summed E-state index contributed by atoms with van der Waals surface area (Å²) in [5, 5.41) is 14.0. The number of cyclic esters (lactones) is 2. The first-order chi connectivity index (χ1) is 17.4. The molecule has 0 spiro atoms. The second-order valence-corrected chi connectivity index (χ2v) is 10.1. The zero-order chi connectivity index (χ0) is 25.4. The van der Waals surface area contributed by atoms with Gasteiger partial charge in [0.2, 0.25) is 0 Å². The summed E-state index contributed by atoms with van der Waals surface area (Å²) in [5.74, 6) is -0.384. The lowest BCUT2D eigenvalue weighted by molar-refractivity contribution is 0.0526. The van der Waals surface area contributed by atoms with Crippen LogP contribution in [0.25, 0.3) is 0 Å². The highest BCUT2D eigenvalue weighted by Gasteiger charge is 2.30. The van der Waals surface area contributed by atoms with Gasteiger partial charge < -0.3 is 30.7 Å². The van der Waals surface area contributed by atoms with Crippen molar-refractivity contribution in [3.63, 3.8) is 0 Å².